The standard InChI is InChI=1S/C18H18N2O3S2/c1-22-15-5-4-13(9-16(15)23-2)14-11-25-18(19-14)20-17(21)6-3-12-7-8-24-10-12/h4-5,7-11H,3,6H2,1-2H3,(H,19,20,21). The molecule has 1 N–H and O–H groups in total. The fourth-order valence-electron chi connectivity index (χ4n) is 2.33. The normalized spacial score (nSPS) is 10.5. The van der Waals surface area contributed by atoms with E-state index in [1.807, 2.05) is 35.0 Å². The molecule has 2 aromatic heterocycles. The largest absolute Gasteiger partial charge is 0.493 e. The van der Waals surface area contributed by atoms with Crippen molar-refractivity contribution in [1.29, 1.82) is 0 Å². The highest BCUT2D eigenvalue weighted by Crippen LogP contribution is 2.33. The molecule has 0 atom stereocenters. The summed E-state index contributed by atoms with van der Waals surface area (Å²) < 4.78 is 10.6. The number of methoxy groups -OCH3 is 2. The SMILES string of the molecule is COc1ccc(-c2csc(NC(=O)CCc3ccsc3)n2)cc1OC. The molecule has 0 spiro atoms. The molecule has 0 saturated heterocycles. The third-order valence-corrected chi connectivity index (χ3v) is 5.14. The van der Waals surface area contributed by atoms with Crippen molar-refractivity contribution < 1.29 is 14.3 Å². The van der Waals surface area contributed by atoms with Crippen molar-refractivity contribution in [3.63, 3.8) is 0 Å². The minimum absolute atomic E-state index is 0.0283. The summed E-state index contributed by atoms with van der Waals surface area (Å²) in [5.74, 6) is 1.29. The van der Waals surface area contributed by atoms with Gasteiger partial charge in [0.1, 0.15) is 0 Å². The van der Waals surface area contributed by atoms with Crippen LogP contribution in [0.25, 0.3) is 11.3 Å². The third-order valence-electron chi connectivity index (χ3n) is 3.65. The average molecular weight is 374 g/mol. The van der Waals surface area contributed by atoms with Crippen LogP contribution in [0.4, 0.5) is 5.13 Å². The van der Waals surface area contributed by atoms with Crippen LogP contribution in [0.5, 0.6) is 11.5 Å². The summed E-state index contributed by atoms with van der Waals surface area (Å²) in [6, 6.07) is 7.66. The van der Waals surface area contributed by atoms with E-state index in [1.54, 1.807) is 25.6 Å². The van der Waals surface area contributed by atoms with Gasteiger partial charge >= 0.3 is 0 Å². The van der Waals surface area contributed by atoms with E-state index >= 15 is 0 Å². The molecule has 1 aromatic carbocycles. The Labute approximate surface area is 154 Å². The van der Waals surface area contributed by atoms with Gasteiger partial charge in [-0.1, -0.05) is 0 Å². The zero-order valence-corrected chi connectivity index (χ0v) is 15.6. The Bertz CT molecular complexity index is 844. The summed E-state index contributed by atoms with van der Waals surface area (Å²) in [4.78, 5) is 16.5. The van der Waals surface area contributed by atoms with E-state index in [2.05, 4.69) is 15.7 Å². The Morgan fingerprint density at radius 1 is 1.16 bits per heavy atom. The van der Waals surface area contributed by atoms with Crippen molar-refractivity contribution in [3.05, 3.63) is 46.0 Å². The molecular formula is C18H18N2O3S2. The molecule has 0 saturated carbocycles. The summed E-state index contributed by atoms with van der Waals surface area (Å²) >= 11 is 3.05. The highest BCUT2D eigenvalue weighted by molar-refractivity contribution is 7.14. The number of amides is 1. The summed E-state index contributed by atoms with van der Waals surface area (Å²) in [6.45, 7) is 0. The summed E-state index contributed by atoms with van der Waals surface area (Å²) in [7, 11) is 3.20. The molecule has 7 heteroatoms. The van der Waals surface area contributed by atoms with Crippen molar-refractivity contribution >= 4 is 33.7 Å². The minimum Gasteiger partial charge on any atom is -0.493 e. The van der Waals surface area contributed by atoms with Gasteiger partial charge in [-0.05, 0) is 47.0 Å². The molecule has 3 aromatic rings. The van der Waals surface area contributed by atoms with Crippen LogP contribution < -0.4 is 14.8 Å². The number of aryl methyl sites for hydroxylation is 1. The zero-order valence-electron chi connectivity index (χ0n) is 13.9. The summed E-state index contributed by atoms with van der Waals surface area (Å²) in [6.07, 6.45) is 1.19. The molecule has 0 aliphatic heterocycles. The van der Waals surface area contributed by atoms with Gasteiger partial charge in [0.25, 0.3) is 0 Å². The molecule has 25 heavy (non-hydrogen) atoms. The number of ether oxygens (including phenoxy) is 2. The number of rotatable bonds is 7. The van der Waals surface area contributed by atoms with E-state index < -0.39 is 0 Å². The van der Waals surface area contributed by atoms with E-state index in [4.69, 9.17) is 9.47 Å². The smallest absolute Gasteiger partial charge is 0.226 e. The van der Waals surface area contributed by atoms with Crippen LogP contribution in [0.2, 0.25) is 0 Å². The number of carbonyl (C=O) groups is 1. The first kappa shape index (κ1) is 17.4. The molecule has 3 rings (SSSR count). The Balaban J connectivity index is 1.64. The molecule has 0 radical (unpaired) electrons. The van der Waals surface area contributed by atoms with Crippen LogP contribution in [0, 0.1) is 0 Å². The van der Waals surface area contributed by atoms with Crippen LogP contribution in [-0.4, -0.2) is 25.1 Å². The van der Waals surface area contributed by atoms with Gasteiger partial charge in [0.2, 0.25) is 5.91 Å². The average Bonchev–Trinajstić information content (AvgIpc) is 3.31. The molecule has 1 amide bonds. The first-order valence-electron chi connectivity index (χ1n) is 7.68. The maximum absolute atomic E-state index is 12.1. The quantitative estimate of drug-likeness (QED) is 0.663. The molecule has 0 bridgehead atoms. The molecule has 2 heterocycles. The Morgan fingerprint density at radius 2 is 2.00 bits per heavy atom. The van der Waals surface area contributed by atoms with Gasteiger partial charge in [0.05, 0.1) is 19.9 Å². The van der Waals surface area contributed by atoms with Gasteiger partial charge in [-0.25, -0.2) is 4.98 Å². The first-order chi connectivity index (χ1) is 12.2. The number of hydrogen-bond acceptors (Lipinski definition) is 6. The van der Waals surface area contributed by atoms with E-state index in [0.717, 1.165) is 17.7 Å². The monoisotopic (exact) mass is 374 g/mol. The number of anilines is 1. The van der Waals surface area contributed by atoms with Gasteiger partial charge < -0.3 is 14.8 Å². The van der Waals surface area contributed by atoms with Gasteiger partial charge in [-0.3, -0.25) is 4.79 Å². The number of thiazole rings is 1. The van der Waals surface area contributed by atoms with Crippen LogP contribution in [0.1, 0.15) is 12.0 Å². The lowest BCUT2D eigenvalue weighted by molar-refractivity contribution is -0.116. The summed E-state index contributed by atoms with van der Waals surface area (Å²) in [5, 5.41) is 9.45. The number of nitrogens with zero attached hydrogens (tertiary/aromatic N) is 1. The second-order valence-electron chi connectivity index (χ2n) is 5.29. The molecule has 0 unspecified atom stereocenters. The van der Waals surface area contributed by atoms with Crippen LogP contribution in [0.15, 0.2) is 40.4 Å². The fraction of sp³-hybridized carbons (Fsp3) is 0.222. The first-order valence-corrected chi connectivity index (χ1v) is 9.50. The van der Waals surface area contributed by atoms with Crippen molar-refractivity contribution in [2.45, 2.75) is 12.8 Å². The maximum Gasteiger partial charge on any atom is 0.226 e. The molecule has 130 valence electrons. The lowest BCUT2D eigenvalue weighted by Gasteiger charge is -2.08. The number of hydrogen-bond donors (Lipinski definition) is 1. The number of aromatic nitrogens is 1. The predicted octanol–water partition coefficient (Wildman–Crippen LogP) is 4.46. The number of nitrogens with one attached hydrogen (secondary N) is 1. The lowest BCUT2D eigenvalue weighted by Crippen LogP contribution is -2.11. The molecular weight excluding hydrogens is 356 g/mol. The second-order valence-corrected chi connectivity index (χ2v) is 6.93. The summed E-state index contributed by atoms with van der Waals surface area (Å²) in [5.41, 5.74) is 2.89. The Morgan fingerprint density at radius 3 is 2.72 bits per heavy atom. The number of benzene rings is 1. The minimum atomic E-state index is -0.0283. The predicted molar refractivity (Wildman–Crippen MR) is 102 cm³/mol. The van der Waals surface area contributed by atoms with Gasteiger partial charge in [-0.2, -0.15) is 11.3 Å². The van der Waals surface area contributed by atoms with Crippen LogP contribution >= 0.6 is 22.7 Å². The fourth-order valence-corrected chi connectivity index (χ4v) is 3.77. The van der Waals surface area contributed by atoms with Crippen molar-refractivity contribution in [3.8, 4) is 22.8 Å². The maximum atomic E-state index is 12.1. The second kappa shape index (κ2) is 8.13. The van der Waals surface area contributed by atoms with Crippen molar-refractivity contribution in [2.24, 2.45) is 0 Å². The third kappa shape index (κ3) is 4.37. The molecule has 0 aliphatic rings. The number of carbonyl (C=O) groups excluding carboxylic acids is 1. The van der Waals surface area contributed by atoms with Crippen LogP contribution in [0.3, 0.4) is 0 Å². The Hall–Kier alpha value is -2.38. The van der Waals surface area contributed by atoms with Crippen molar-refractivity contribution in [1.82, 2.24) is 4.98 Å². The van der Waals surface area contributed by atoms with Gasteiger partial charge in [0.15, 0.2) is 16.6 Å². The highest BCUT2D eigenvalue weighted by Gasteiger charge is 2.11. The molecule has 0 aliphatic carbocycles. The highest BCUT2D eigenvalue weighted by atomic mass is 32.1. The Kier molecular flexibility index (Phi) is 5.67. The van der Waals surface area contributed by atoms with E-state index in [-0.39, 0.29) is 5.91 Å². The van der Waals surface area contributed by atoms with E-state index in [9.17, 15) is 4.79 Å². The van der Waals surface area contributed by atoms with Crippen LogP contribution in [-0.2, 0) is 11.2 Å². The lowest BCUT2D eigenvalue weighted by atomic mass is 10.1. The molecule has 0 fully saturated rings. The zero-order chi connectivity index (χ0) is 17.6. The van der Waals surface area contributed by atoms with Gasteiger partial charge in [0, 0.05) is 17.4 Å². The molecule has 5 nitrogen and oxygen atoms in total. The van der Waals surface area contributed by atoms with E-state index in [0.29, 0.717) is 23.1 Å². The topological polar surface area (TPSA) is 60.5 Å². The van der Waals surface area contributed by atoms with Crippen molar-refractivity contribution in [2.75, 3.05) is 19.5 Å². The van der Waals surface area contributed by atoms with Gasteiger partial charge in [-0.15, -0.1) is 11.3 Å². The number of thiophene rings is 1. The van der Waals surface area contributed by atoms with E-state index in [1.165, 1.54) is 16.9 Å².